The second-order valence-corrected chi connectivity index (χ2v) is 3.54. The van der Waals surface area contributed by atoms with E-state index in [0.717, 1.165) is 11.1 Å². The summed E-state index contributed by atoms with van der Waals surface area (Å²) in [5.41, 5.74) is 1.76. The Morgan fingerprint density at radius 2 is 2.27 bits per heavy atom. The van der Waals surface area contributed by atoms with E-state index in [9.17, 15) is 4.79 Å². The number of aryl methyl sites for hydroxylation is 1. The van der Waals surface area contributed by atoms with Crippen molar-refractivity contribution in [2.45, 2.75) is 13.3 Å². The Hall–Kier alpha value is -1.64. The van der Waals surface area contributed by atoms with Crippen molar-refractivity contribution in [2.24, 2.45) is 4.99 Å². The first-order chi connectivity index (χ1) is 7.27. The standard InChI is InChI=1S/C12H13NO2/c1-9-4-2-3-5-10(9)11(14)8-12-13-6-7-15-12/h2-5H,6-8H2,1H3. The van der Waals surface area contributed by atoms with E-state index >= 15 is 0 Å². The minimum Gasteiger partial charge on any atom is -0.479 e. The van der Waals surface area contributed by atoms with Crippen molar-refractivity contribution in [3.8, 4) is 0 Å². The molecule has 0 N–H and O–H groups in total. The van der Waals surface area contributed by atoms with Crippen molar-refractivity contribution in [1.29, 1.82) is 0 Å². The largest absolute Gasteiger partial charge is 0.479 e. The summed E-state index contributed by atoms with van der Waals surface area (Å²) in [6.07, 6.45) is 0.283. The van der Waals surface area contributed by atoms with Crippen LogP contribution in [0.5, 0.6) is 0 Å². The molecule has 1 aliphatic rings. The molecule has 3 heteroatoms. The summed E-state index contributed by atoms with van der Waals surface area (Å²) in [6, 6.07) is 7.57. The summed E-state index contributed by atoms with van der Waals surface area (Å²) >= 11 is 0. The van der Waals surface area contributed by atoms with Crippen LogP contribution in [0.4, 0.5) is 0 Å². The van der Waals surface area contributed by atoms with Crippen molar-refractivity contribution in [3.63, 3.8) is 0 Å². The van der Waals surface area contributed by atoms with Crippen LogP contribution in [0, 0.1) is 6.92 Å². The van der Waals surface area contributed by atoms with Crippen LogP contribution < -0.4 is 0 Å². The number of hydrogen-bond donors (Lipinski definition) is 0. The number of aliphatic imine (C=N–C) groups is 1. The Bertz CT molecular complexity index is 410. The molecule has 0 aromatic heterocycles. The number of rotatable bonds is 3. The van der Waals surface area contributed by atoms with Crippen LogP contribution in [-0.4, -0.2) is 24.8 Å². The Balaban J connectivity index is 2.11. The lowest BCUT2D eigenvalue weighted by atomic mass is 10.0. The molecule has 1 aliphatic heterocycles. The molecule has 0 saturated carbocycles. The van der Waals surface area contributed by atoms with Gasteiger partial charge in [-0.1, -0.05) is 24.3 Å². The Morgan fingerprint density at radius 1 is 1.47 bits per heavy atom. The number of ketones is 1. The highest BCUT2D eigenvalue weighted by Crippen LogP contribution is 2.11. The van der Waals surface area contributed by atoms with Crippen molar-refractivity contribution in [2.75, 3.05) is 13.2 Å². The van der Waals surface area contributed by atoms with Gasteiger partial charge in [-0.2, -0.15) is 0 Å². The van der Waals surface area contributed by atoms with Crippen LogP contribution in [0.25, 0.3) is 0 Å². The zero-order valence-corrected chi connectivity index (χ0v) is 8.69. The van der Waals surface area contributed by atoms with Crippen molar-refractivity contribution >= 4 is 11.7 Å². The van der Waals surface area contributed by atoms with Crippen LogP contribution in [0.2, 0.25) is 0 Å². The molecule has 0 atom stereocenters. The Morgan fingerprint density at radius 3 is 2.93 bits per heavy atom. The van der Waals surface area contributed by atoms with E-state index < -0.39 is 0 Å². The second-order valence-electron chi connectivity index (χ2n) is 3.54. The summed E-state index contributed by atoms with van der Waals surface area (Å²) in [7, 11) is 0. The molecular weight excluding hydrogens is 190 g/mol. The van der Waals surface area contributed by atoms with Gasteiger partial charge in [0.05, 0.1) is 13.0 Å². The van der Waals surface area contributed by atoms with Crippen molar-refractivity contribution in [1.82, 2.24) is 0 Å². The van der Waals surface area contributed by atoms with Gasteiger partial charge in [-0.3, -0.25) is 9.79 Å². The van der Waals surface area contributed by atoms with Gasteiger partial charge < -0.3 is 4.74 Å². The van der Waals surface area contributed by atoms with Gasteiger partial charge in [0.1, 0.15) is 6.61 Å². The van der Waals surface area contributed by atoms with E-state index in [4.69, 9.17) is 4.74 Å². The number of hydrogen-bond acceptors (Lipinski definition) is 3. The van der Waals surface area contributed by atoms with Gasteiger partial charge in [0.2, 0.25) is 0 Å². The fraction of sp³-hybridized carbons (Fsp3) is 0.333. The number of benzene rings is 1. The van der Waals surface area contributed by atoms with E-state index in [1.807, 2.05) is 31.2 Å². The monoisotopic (exact) mass is 203 g/mol. The lowest BCUT2D eigenvalue weighted by Gasteiger charge is -2.04. The molecule has 1 aromatic carbocycles. The van der Waals surface area contributed by atoms with Crippen molar-refractivity contribution in [3.05, 3.63) is 35.4 Å². The highest BCUT2D eigenvalue weighted by molar-refractivity contribution is 6.08. The number of nitrogens with zero attached hydrogens (tertiary/aromatic N) is 1. The molecule has 0 amide bonds. The highest BCUT2D eigenvalue weighted by Gasteiger charge is 2.15. The Labute approximate surface area is 88.8 Å². The fourth-order valence-corrected chi connectivity index (χ4v) is 1.60. The van der Waals surface area contributed by atoms with Gasteiger partial charge in [0.15, 0.2) is 11.7 Å². The summed E-state index contributed by atoms with van der Waals surface area (Å²) in [6.45, 7) is 3.22. The lowest BCUT2D eigenvalue weighted by molar-refractivity contribution is 0.0994. The van der Waals surface area contributed by atoms with E-state index in [2.05, 4.69) is 4.99 Å². The normalized spacial score (nSPS) is 14.6. The average Bonchev–Trinajstić information content (AvgIpc) is 2.71. The van der Waals surface area contributed by atoms with Crippen molar-refractivity contribution < 1.29 is 9.53 Å². The zero-order valence-electron chi connectivity index (χ0n) is 8.69. The third-order valence-electron chi connectivity index (χ3n) is 2.41. The van der Waals surface area contributed by atoms with E-state index in [1.165, 1.54) is 0 Å². The minimum absolute atomic E-state index is 0.0775. The molecule has 78 valence electrons. The number of Topliss-reactive ketones (excluding diaryl/α,β-unsaturated/α-hetero) is 1. The molecule has 1 heterocycles. The molecule has 2 rings (SSSR count). The average molecular weight is 203 g/mol. The SMILES string of the molecule is Cc1ccccc1C(=O)CC1=NCCO1. The molecule has 15 heavy (non-hydrogen) atoms. The molecular formula is C12H13NO2. The first-order valence-corrected chi connectivity index (χ1v) is 5.02. The molecule has 0 bridgehead atoms. The third-order valence-corrected chi connectivity index (χ3v) is 2.41. The maximum atomic E-state index is 11.9. The van der Waals surface area contributed by atoms with Crippen LogP contribution in [0.3, 0.4) is 0 Å². The highest BCUT2D eigenvalue weighted by atomic mass is 16.5. The molecule has 0 radical (unpaired) electrons. The summed E-state index contributed by atoms with van der Waals surface area (Å²) in [4.78, 5) is 16.0. The molecule has 0 fully saturated rings. The smallest absolute Gasteiger partial charge is 0.191 e. The van der Waals surface area contributed by atoms with Gasteiger partial charge in [-0.05, 0) is 12.5 Å². The topological polar surface area (TPSA) is 38.7 Å². The molecule has 0 aliphatic carbocycles. The Kier molecular flexibility index (Phi) is 2.81. The van der Waals surface area contributed by atoms with Gasteiger partial charge in [0, 0.05) is 5.56 Å². The summed E-state index contributed by atoms with van der Waals surface area (Å²) in [5, 5.41) is 0. The summed E-state index contributed by atoms with van der Waals surface area (Å²) in [5.74, 6) is 0.650. The van der Waals surface area contributed by atoms with E-state index in [1.54, 1.807) is 0 Å². The van der Waals surface area contributed by atoms with Crippen LogP contribution in [0.15, 0.2) is 29.3 Å². The zero-order chi connectivity index (χ0) is 10.7. The first-order valence-electron chi connectivity index (χ1n) is 5.02. The van der Waals surface area contributed by atoms with Gasteiger partial charge in [-0.25, -0.2) is 0 Å². The van der Waals surface area contributed by atoms with Crippen LogP contribution in [-0.2, 0) is 4.74 Å². The number of carbonyl (C=O) groups is 1. The van der Waals surface area contributed by atoms with Crippen LogP contribution >= 0.6 is 0 Å². The quantitative estimate of drug-likeness (QED) is 0.705. The fourth-order valence-electron chi connectivity index (χ4n) is 1.60. The predicted octanol–water partition coefficient (Wildman–Crippen LogP) is 2.00. The van der Waals surface area contributed by atoms with Gasteiger partial charge in [-0.15, -0.1) is 0 Å². The third kappa shape index (κ3) is 2.24. The summed E-state index contributed by atoms with van der Waals surface area (Å²) < 4.78 is 5.21. The maximum absolute atomic E-state index is 11.9. The lowest BCUT2D eigenvalue weighted by Crippen LogP contribution is -2.09. The first kappa shape index (κ1) is 9.90. The second kappa shape index (κ2) is 4.26. The molecule has 3 nitrogen and oxygen atoms in total. The minimum atomic E-state index is 0.0775. The van der Waals surface area contributed by atoms with Gasteiger partial charge in [0.25, 0.3) is 0 Å². The molecule has 0 saturated heterocycles. The molecule has 0 unspecified atom stereocenters. The predicted molar refractivity (Wildman–Crippen MR) is 58.4 cm³/mol. The maximum Gasteiger partial charge on any atom is 0.191 e. The molecule has 0 spiro atoms. The molecule has 1 aromatic rings. The van der Waals surface area contributed by atoms with Gasteiger partial charge >= 0.3 is 0 Å². The number of carbonyl (C=O) groups excluding carboxylic acids is 1. The van der Waals surface area contributed by atoms with E-state index in [-0.39, 0.29) is 12.2 Å². The van der Waals surface area contributed by atoms with Crippen LogP contribution in [0.1, 0.15) is 22.3 Å². The number of ether oxygens (including phenoxy) is 1. The van der Waals surface area contributed by atoms with E-state index in [0.29, 0.717) is 19.0 Å².